The van der Waals surface area contributed by atoms with E-state index in [4.69, 9.17) is 0 Å². The van der Waals surface area contributed by atoms with Crippen LogP contribution in [0.1, 0.15) is 22.8 Å². The van der Waals surface area contributed by atoms with E-state index in [-0.39, 0.29) is 0 Å². The van der Waals surface area contributed by atoms with Gasteiger partial charge in [0.15, 0.2) is 0 Å². The Hall–Kier alpha value is -3.24. The van der Waals surface area contributed by atoms with Gasteiger partial charge in [-0.1, -0.05) is 0 Å². The van der Waals surface area contributed by atoms with Crippen LogP contribution < -0.4 is 0 Å². The fourth-order valence-electron chi connectivity index (χ4n) is 3.14. The van der Waals surface area contributed by atoms with E-state index in [0.29, 0.717) is 0 Å². The monoisotopic (exact) mass is 380 g/mol. The lowest BCUT2D eigenvalue weighted by atomic mass is 10.3. The lowest BCUT2D eigenvalue weighted by Gasteiger charge is -2.26. The SMILES string of the molecule is c1cc(CN(CCN(Cc2cc[nH]n2)Cc2cc[nH]n2)Cc2cc[nH]n2)n[nH]1. The van der Waals surface area contributed by atoms with E-state index >= 15 is 0 Å². The fraction of sp³-hybridized carbons (Fsp3) is 0.333. The van der Waals surface area contributed by atoms with Crippen molar-refractivity contribution < 1.29 is 0 Å². The summed E-state index contributed by atoms with van der Waals surface area (Å²) in [7, 11) is 0. The molecule has 0 unspecified atom stereocenters. The van der Waals surface area contributed by atoms with Gasteiger partial charge in [0, 0.05) is 64.1 Å². The zero-order valence-corrected chi connectivity index (χ0v) is 15.5. The van der Waals surface area contributed by atoms with Crippen LogP contribution in [0.2, 0.25) is 0 Å². The molecule has 0 aliphatic heterocycles. The van der Waals surface area contributed by atoms with E-state index in [1.807, 2.05) is 49.1 Å². The minimum Gasteiger partial charge on any atom is -0.290 e. The summed E-state index contributed by atoms with van der Waals surface area (Å²) in [5.74, 6) is 0. The summed E-state index contributed by atoms with van der Waals surface area (Å²) in [4.78, 5) is 4.68. The number of nitrogens with zero attached hydrogens (tertiary/aromatic N) is 6. The van der Waals surface area contributed by atoms with Crippen molar-refractivity contribution in [1.82, 2.24) is 50.6 Å². The molecule has 0 aliphatic carbocycles. The molecule has 0 atom stereocenters. The molecule has 0 saturated heterocycles. The molecule has 0 fully saturated rings. The van der Waals surface area contributed by atoms with Gasteiger partial charge in [0.25, 0.3) is 0 Å². The van der Waals surface area contributed by atoms with Crippen molar-refractivity contribution in [2.24, 2.45) is 0 Å². The summed E-state index contributed by atoms with van der Waals surface area (Å²) >= 11 is 0. The quantitative estimate of drug-likeness (QED) is 0.311. The molecule has 10 nitrogen and oxygen atoms in total. The van der Waals surface area contributed by atoms with Crippen LogP contribution >= 0.6 is 0 Å². The maximum atomic E-state index is 4.30. The standard InChI is InChI=1S/C18H24N10/c1-5-19-23-15(1)11-27(12-16-2-6-20-24-16)9-10-28(13-17-3-7-21-25-17)14-18-4-8-22-26-18/h1-8H,9-14H2,(H,19,23)(H,20,24)(H,21,25)(H,22,26). The average Bonchev–Trinajstić information content (AvgIpc) is 3.47. The highest BCUT2D eigenvalue weighted by molar-refractivity contribution is 5.02. The first kappa shape index (κ1) is 18.1. The zero-order valence-electron chi connectivity index (χ0n) is 15.5. The number of hydrogen-bond acceptors (Lipinski definition) is 6. The van der Waals surface area contributed by atoms with Crippen molar-refractivity contribution in [3.63, 3.8) is 0 Å². The largest absolute Gasteiger partial charge is 0.290 e. The van der Waals surface area contributed by atoms with E-state index in [0.717, 1.165) is 62.0 Å². The Kier molecular flexibility index (Phi) is 5.90. The molecule has 4 rings (SSSR count). The third kappa shape index (κ3) is 5.15. The molecule has 0 radical (unpaired) electrons. The highest BCUT2D eigenvalue weighted by Gasteiger charge is 2.15. The number of H-pyrrole nitrogens is 4. The molecule has 28 heavy (non-hydrogen) atoms. The van der Waals surface area contributed by atoms with Gasteiger partial charge in [0.2, 0.25) is 0 Å². The van der Waals surface area contributed by atoms with Crippen molar-refractivity contribution >= 4 is 0 Å². The predicted molar refractivity (Wildman–Crippen MR) is 103 cm³/mol. The lowest BCUT2D eigenvalue weighted by Crippen LogP contribution is -2.34. The number of aromatic amines is 4. The first-order valence-electron chi connectivity index (χ1n) is 9.24. The van der Waals surface area contributed by atoms with Crippen LogP contribution in [-0.2, 0) is 26.2 Å². The molecule has 0 bridgehead atoms. The average molecular weight is 380 g/mol. The molecule has 0 spiro atoms. The summed E-state index contributed by atoms with van der Waals surface area (Å²) < 4.78 is 0. The molecule has 0 amide bonds. The first-order valence-corrected chi connectivity index (χ1v) is 9.24. The molecule has 10 heteroatoms. The molecule has 4 heterocycles. The van der Waals surface area contributed by atoms with Crippen molar-refractivity contribution in [1.29, 1.82) is 0 Å². The van der Waals surface area contributed by atoms with Crippen molar-refractivity contribution in [2.75, 3.05) is 13.1 Å². The van der Waals surface area contributed by atoms with Crippen LogP contribution in [0.4, 0.5) is 0 Å². The zero-order chi connectivity index (χ0) is 19.0. The van der Waals surface area contributed by atoms with E-state index in [1.165, 1.54) is 0 Å². The van der Waals surface area contributed by atoms with Crippen molar-refractivity contribution in [2.45, 2.75) is 26.2 Å². The Morgan fingerprint density at radius 1 is 0.500 bits per heavy atom. The minimum absolute atomic E-state index is 0.759. The molecular formula is C18H24N10. The molecule has 0 aromatic carbocycles. The molecule has 146 valence electrons. The Labute approximate surface area is 162 Å². The van der Waals surface area contributed by atoms with E-state index in [2.05, 4.69) is 50.6 Å². The second-order valence-corrected chi connectivity index (χ2v) is 6.68. The first-order chi connectivity index (χ1) is 13.8. The van der Waals surface area contributed by atoms with E-state index in [1.54, 1.807) is 0 Å². The van der Waals surface area contributed by atoms with Crippen LogP contribution in [0, 0.1) is 0 Å². The minimum atomic E-state index is 0.759. The third-order valence-corrected chi connectivity index (χ3v) is 4.51. The number of rotatable bonds is 11. The fourth-order valence-corrected chi connectivity index (χ4v) is 3.14. The summed E-state index contributed by atoms with van der Waals surface area (Å²) in [6.45, 7) is 4.77. The van der Waals surface area contributed by atoms with E-state index in [9.17, 15) is 0 Å². The Balaban J connectivity index is 1.41. The van der Waals surface area contributed by atoms with Gasteiger partial charge in [-0.25, -0.2) is 0 Å². The highest BCUT2D eigenvalue weighted by atomic mass is 15.2. The normalized spacial score (nSPS) is 11.6. The molecule has 0 aliphatic rings. The van der Waals surface area contributed by atoms with Crippen LogP contribution in [0.5, 0.6) is 0 Å². The maximum absolute atomic E-state index is 4.30. The van der Waals surface area contributed by atoms with Crippen LogP contribution in [0.15, 0.2) is 49.1 Å². The van der Waals surface area contributed by atoms with Gasteiger partial charge >= 0.3 is 0 Å². The van der Waals surface area contributed by atoms with Gasteiger partial charge < -0.3 is 0 Å². The number of nitrogens with one attached hydrogen (secondary N) is 4. The third-order valence-electron chi connectivity index (χ3n) is 4.51. The van der Waals surface area contributed by atoms with E-state index < -0.39 is 0 Å². The van der Waals surface area contributed by atoms with Gasteiger partial charge in [-0.05, 0) is 24.3 Å². The van der Waals surface area contributed by atoms with Crippen LogP contribution in [-0.4, -0.2) is 63.7 Å². The van der Waals surface area contributed by atoms with Gasteiger partial charge in [-0.2, -0.15) is 20.4 Å². The molecule has 4 aromatic heterocycles. The highest BCUT2D eigenvalue weighted by Crippen LogP contribution is 2.10. The second kappa shape index (κ2) is 9.11. The Morgan fingerprint density at radius 3 is 1.00 bits per heavy atom. The Morgan fingerprint density at radius 2 is 0.786 bits per heavy atom. The second-order valence-electron chi connectivity index (χ2n) is 6.68. The number of aromatic nitrogens is 8. The summed E-state index contributed by atoms with van der Waals surface area (Å²) in [5, 5.41) is 28.7. The molecule has 4 N–H and O–H groups in total. The molecule has 0 saturated carbocycles. The Bertz CT molecular complexity index is 732. The van der Waals surface area contributed by atoms with Crippen LogP contribution in [0.3, 0.4) is 0 Å². The molecule has 4 aromatic rings. The summed E-state index contributed by atoms with van der Waals surface area (Å²) in [6.07, 6.45) is 7.40. The summed E-state index contributed by atoms with van der Waals surface area (Å²) in [6, 6.07) is 8.01. The van der Waals surface area contributed by atoms with Crippen molar-refractivity contribution in [3.05, 3.63) is 71.8 Å². The lowest BCUT2D eigenvalue weighted by molar-refractivity contribution is 0.178. The van der Waals surface area contributed by atoms with Gasteiger partial charge in [0.05, 0.1) is 22.8 Å². The van der Waals surface area contributed by atoms with Crippen LogP contribution in [0.25, 0.3) is 0 Å². The topological polar surface area (TPSA) is 121 Å². The van der Waals surface area contributed by atoms with Crippen molar-refractivity contribution in [3.8, 4) is 0 Å². The predicted octanol–water partition coefficient (Wildman–Crippen LogP) is 1.28. The number of hydrogen-bond donors (Lipinski definition) is 4. The molecular weight excluding hydrogens is 356 g/mol. The smallest absolute Gasteiger partial charge is 0.0762 e. The van der Waals surface area contributed by atoms with Gasteiger partial charge in [-0.3, -0.25) is 30.2 Å². The van der Waals surface area contributed by atoms with Gasteiger partial charge in [0.1, 0.15) is 0 Å². The maximum Gasteiger partial charge on any atom is 0.0762 e. The van der Waals surface area contributed by atoms with Gasteiger partial charge in [-0.15, -0.1) is 0 Å². The summed E-state index contributed by atoms with van der Waals surface area (Å²) in [5.41, 5.74) is 4.06.